The van der Waals surface area contributed by atoms with E-state index in [1.54, 1.807) is 12.1 Å². The molecular weight excluding hydrogens is 631 g/mol. The van der Waals surface area contributed by atoms with Crippen molar-refractivity contribution in [2.45, 2.75) is 90.5 Å². The van der Waals surface area contributed by atoms with Crippen LogP contribution in [-0.4, -0.2) is 30.4 Å². The summed E-state index contributed by atoms with van der Waals surface area (Å²) in [6.07, 6.45) is -1.44. The molecule has 1 saturated heterocycles. The molecule has 5 atom stereocenters. The standard InChI is InChI=1S/C36H36F2O6S2/c1-23(36(37,38)46(39,40)41)42-27-14-20-30(21-15-27)45(28-16-10-25(11-17-28)34(2,3)4)29-18-12-26(13-19-29)35(5)43-32-22-24-8-6-7-9-31(24)33(32)44-35/h6-21,23,32-33H,22H2,1-5H3/p+1. The van der Waals surface area contributed by atoms with Crippen LogP contribution in [0.15, 0.2) is 112 Å². The monoisotopic (exact) mass is 667 g/mol. The molecule has 1 heterocycles. The number of halogens is 2. The molecule has 0 aromatic heterocycles. The van der Waals surface area contributed by atoms with Crippen LogP contribution >= 0.6 is 0 Å². The smallest absolute Gasteiger partial charge is 0.405 e. The van der Waals surface area contributed by atoms with Gasteiger partial charge < -0.3 is 14.2 Å². The summed E-state index contributed by atoms with van der Waals surface area (Å²) in [5.41, 5.74) is 4.52. The van der Waals surface area contributed by atoms with E-state index in [-0.39, 0.29) is 23.4 Å². The van der Waals surface area contributed by atoms with Gasteiger partial charge in [0.05, 0.1) is 17.0 Å². The van der Waals surface area contributed by atoms with Crippen molar-refractivity contribution < 1.29 is 36.0 Å². The zero-order chi connectivity index (χ0) is 33.1. The van der Waals surface area contributed by atoms with E-state index in [1.165, 1.54) is 28.8 Å². The highest BCUT2D eigenvalue weighted by atomic mass is 32.2. The molecule has 1 N–H and O–H groups in total. The summed E-state index contributed by atoms with van der Waals surface area (Å²) in [7, 11) is -6.22. The van der Waals surface area contributed by atoms with Gasteiger partial charge in [0.1, 0.15) is 11.9 Å². The molecule has 10 heteroatoms. The van der Waals surface area contributed by atoms with Crippen LogP contribution in [0.3, 0.4) is 0 Å². The number of alkyl halides is 2. The number of hydrogen-bond donors (Lipinski definition) is 1. The third kappa shape index (κ3) is 6.09. The van der Waals surface area contributed by atoms with Crippen molar-refractivity contribution in [3.8, 4) is 5.75 Å². The van der Waals surface area contributed by atoms with E-state index in [0.717, 1.165) is 33.6 Å². The maximum atomic E-state index is 14.1. The van der Waals surface area contributed by atoms with Gasteiger partial charge in [-0.2, -0.15) is 17.2 Å². The van der Waals surface area contributed by atoms with E-state index in [1.807, 2.05) is 31.2 Å². The highest BCUT2D eigenvalue weighted by Gasteiger charge is 2.52. The van der Waals surface area contributed by atoms with E-state index in [0.29, 0.717) is 0 Å². The Morgan fingerprint density at radius 3 is 1.98 bits per heavy atom. The molecule has 4 aromatic rings. The summed E-state index contributed by atoms with van der Waals surface area (Å²) in [5.74, 6) is -0.842. The zero-order valence-electron chi connectivity index (χ0n) is 26.2. The lowest BCUT2D eigenvalue weighted by atomic mass is 9.87. The highest BCUT2D eigenvalue weighted by Crippen LogP contribution is 2.50. The normalized spacial score (nSPS) is 22.6. The summed E-state index contributed by atoms with van der Waals surface area (Å²) in [4.78, 5) is 2.99. The van der Waals surface area contributed by atoms with Gasteiger partial charge in [0.2, 0.25) is 0 Å². The van der Waals surface area contributed by atoms with Crippen molar-refractivity contribution in [1.82, 2.24) is 0 Å². The minimum Gasteiger partial charge on any atom is -0.483 e. The second-order valence-corrected chi connectivity index (χ2v) is 16.4. The fourth-order valence-corrected chi connectivity index (χ4v) is 8.50. The Morgan fingerprint density at radius 2 is 1.41 bits per heavy atom. The van der Waals surface area contributed by atoms with Crippen molar-refractivity contribution in [2.24, 2.45) is 0 Å². The molecule has 1 aliphatic carbocycles. The Morgan fingerprint density at radius 1 is 0.870 bits per heavy atom. The minimum atomic E-state index is -5.64. The number of ether oxygens (including phenoxy) is 3. The first-order valence-corrected chi connectivity index (χ1v) is 17.7. The van der Waals surface area contributed by atoms with E-state index in [2.05, 4.69) is 69.3 Å². The zero-order valence-corrected chi connectivity index (χ0v) is 27.9. The molecule has 46 heavy (non-hydrogen) atoms. The van der Waals surface area contributed by atoms with Gasteiger partial charge in [-0.05, 0) is 96.6 Å². The molecular formula is C36H37F2O6S2+. The molecule has 0 amide bonds. The number of hydrogen-bond acceptors (Lipinski definition) is 5. The van der Waals surface area contributed by atoms with Gasteiger partial charge in [-0.15, -0.1) is 0 Å². The summed E-state index contributed by atoms with van der Waals surface area (Å²) in [5, 5.41) is -4.46. The Balaban J connectivity index is 1.29. The fraction of sp³-hybridized carbons (Fsp3) is 0.333. The van der Waals surface area contributed by atoms with Gasteiger partial charge in [0.25, 0.3) is 0 Å². The van der Waals surface area contributed by atoms with Crippen LogP contribution in [0.5, 0.6) is 5.75 Å². The molecule has 5 unspecified atom stereocenters. The summed E-state index contributed by atoms with van der Waals surface area (Å²) in [6, 6.07) is 31.6. The van der Waals surface area contributed by atoms with Gasteiger partial charge in [0, 0.05) is 12.0 Å². The molecule has 2 aliphatic rings. The van der Waals surface area contributed by atoms with Gasteiger partial charge in [-0.3, -0.25) is 4.55 Å². The lowest BCUT2D eigenvalue weighted by Crippen LogP contribution is -2.42. The number of rotatable bonds is 8. The molecule has 0 radical (unpaired) electrons. The molecule has 1 aliphatic heterocycles. The van der Waals surface area contributed by atoms with Gasteiger partial charge in [-0.25, -0.2) is 0 Å². The predicted octanol–water partition coefficient (Wildman–Crippen LogP) is 8.21. The van der Waals surface area contributed by atoms with E-state index < -0.39 is 38.2 Å². The lowest BCUT2D eigenvalue weighted by molar-refractivity contribution is -0.171. The first-order chi connectivity index (χ1) is 21.6. The number of benzene rings is 4. The average molecular weight is 668 g/mol. The van der Waals surface area contributed by atoms with Crippen LogP contribution in [-0.2, 0) is 48.1 Å². The summed E-state index contributed by atoms with van der Waals surface area (Å²) >= 11 is 0. The van der Waals surface area contributed by atoms with Crippen LogP contribution in [0, 0.1) is 0 Å². The largest absolute Gasteiger partial charge is 0.483 e. The molecule has 0 bridgehead atoms. The van der Waals surface area contributed by atoms with Crippen LogP contribution in [0.2, 0.25) is 0 Å². The topological polar surface area (TPSA) is 82.1 Å². The Kier molecular flexibility index (Phi) is 8.34. The maximum absolute atomic E-state index is 14.1. The summed E-state index contributed by atoms with van der Waals surface area (Å²) in [6.45, 7) is 9.33. The van der Waals surface area contributed by atoms with Gasteiger partial charge in [-0.1, -0.05) is 57.2 Å². The molecule has 1 fully saturated rings. The molecule has 6 nitrogen and oxygen atoms in total. The molecule has 242 valence electrons. The predicted molar refractivity (Wildman–Crippen MR) is 173 cm³/mol. The number of fused-ring (bicyclic) bond motifs is 3. The molecule has 6 rings (SSSR count). The maximum Gasteiger partial charge on any atom is 0.405 e. The first kappa shape index (κ1) is 32.7. The quantitative estimate of drug-likeness (QED) is 0.151. The lowest BCUT2D eigenvalue weighted by Gasteiger charge is -2.25. The Labute approximate surface area is 271 Å². The second kappa shape index (κ2) is 11.8. The van der Waals surface area contributed by atoms with Crippen LogP contribution < -0.4 is 4.74 Å². The van der Waals surface area contributed by atoms with Crippen molar-refractivity contribution in [1.29, 1.82) is 0 Å². The van der Waals surface area contributed by atoms with Crippen molar-refractivity contribution in [3.63, 3.8) is 0 Å². The van der Waals surface area contributed by atoms with E-state index in [9.17, 15) is 17.2 Å². The van der Waals surface area contributed by atoms with Crippen LogP contribution in [0.4, 0.5) is 8.78 Å². The van der Waals surface area contributed by atoms with Crippen molar-refractivity contribution >= 4 is 21.0 Å². The Bertz CT molecular complexity index is 1820. The van der Waals surface area contributed by atoms with Crippen molar-refractivity contribution in [3.05, 3.63) is 119 Å². The van der Waals surface area contributed by atoms with Crippen LogP contribution in [0.25, 0.3) is 0 Å². The minimum absolute atomic E-state index is 0.0197. The Hall–Kier alpha value is -3.28. The molecule has 4 aromatic carbocycles. The van der Waals surface area contributed by atoms with Gasteiger partial charge >= 0.3 is 15.4 Å². The molecule has 0 saturated carbocycles. The highest BCUT2D eigenvalue weighted by molar-refractivity contribution is 7.97. The van der Waals surface area contributed by atoms with E-state index in [4.69, 9.17) is 18.8 Å². The molecule has 0 spiro atoms. The SMILES string of the molecule is CC(Oc1ccc([S+](c2ccc(C(C)(C)C)cc2)c2ccc(C3(C)OC4Cc5ccccc5C4O3)cc2)cc1)C(F)(F)S(=O)(=O)O. The fourth-order valence-electron chi connectivity index (χ4n) is 5.99. The van der Waals surface area contributed by atoms with Gasteiger partial charge in [0.15, 0.2) is 26.6 Å². The summed E-state index contributed by atoms with van der Waals surface area (Å²) < 4.78 is 77.8. The first-order valence-electron chi connectivity index (χ1n) is 15.1. The van der Waals surface area contributed by atoms with E-state index >= 15 is 0 Å². The average Bonchev–Trinajstić information content (AvgIpc) is 3.51. The van der Waals surface area contributed by atoms with Crippen molar-refractivity contribution in [2.75, 3.05) is 0 Å². The van der Waals surface area contributed by atoms with Crippen LogP contribution in [0.1, 0.15) is 63.0 Å². The third-order valence-corrected chi connectivity index (χ3v) is 11.9. The third-order valence-electron chi connectivity index (χ3n) is 8.61. The second-order valence-electron chi connectivity index (χ2n) is 12.9.